The van der Waals surface area contributed by atoms with Crippen LogP contribution in [0.5, 0.6) is 0 Å². The summed E-state index contributed by atoms with van der Waals surface area (Å²) in [5, 5.41) is -7.18. The highest BCUT2D eigenvalue weighted by atomic mass is 32.2. The molecule has 0 saturated carbocycles. The van der Waals surface area contributed by atoms with E-state index in [4.69, 9.17) is 4.55 Å². The Bertz CT molecular complexity index is 391. The standard InChI is InChI=1S/C4HF9O3S/c5-1(6,3(8,9)10)2(7,4(11,12)13)17(14,15)16/h(H,14,15,16). The van der Waals surface area contributed by atoms with Gasteiger partial charge in [0, 0.05) is 0 Å². The van der Waals surface area contributed by atoms with E-state index in [1.165, 1.54) is 0 Å². The molecule has 1 unspecified atom stereocenters. The lowest BCUT2D eigenvalue weighted by atomic mass is 10.2. The highest BCUT2D eigenvalue weighted by Gasteiger charge is 2.87. The summed E-state index contributed by atoms with van der Waals surface area (Å²) >= 11 is 0. The van der Waals surface area contributed by atoms with Gasteiger partial charge in [-0.2, -0.15) is 43.5 Å². The van der Waals surface area contributed by atoms with Crippen LogP contribution in [-0.2, 0) is 10.1 Å². The molecule has 0 aliphatic rings. The molecule has 0 amide bonds. The number of rotatable bonds is 2. The van der Waals surface area contributed by atoms with Gasteiger partial charge in [0.25, 0.3) is 0 Å². The summed E-state index contributed by atoms with van der Waals surface area (Å²) in [6.45, 7) is 0. The van der Waals surface area contributed by atoms with Gasteiger partial charge in [0.15, 0.2) is 0 Å². The highest BCUT2D eigenvalue weighted by molar-refractivity contribution is 7.87. The fraction of sp³-hybridized carbons (Fsp3) is 1.00. The second-order valence-electron chi connectivity index (χ2n) is 2.64. The predicted molar refractivity (Wildman–Crippen MR) is 32.4 cm³/mol. The van der Waals surface area contributed by atoms with Crippen molar-refractivity contribution in [2.45, 2.75) is 23.3 Å². The molecule has 0 spiro atoms. The summed E-state index contributed by atoms with van der Waals surface area (Å²) in [7, 11) is -7.42. The van der Waals surface area contributed by atoms with Crippen LogP contribution in [0.25, 0.3) is 0 Å². The van der Waals surface area contributed by atoms with Crippen LogP contribution in [0.3, 0.4) is 0 Å². The first-order valence-corrected chi connectivity index (χ1v) is 4.61. The van der Waals surface area contributed by atoms with E-state index in [0.29, 0.717) is 0 Å². The maximum atomic E-state index is 12.6. The van der Waals surface area contributed by atoms with Gasteiger partial charge >= 0.3 is 33.4 Å². The first-order chi connectivity index (χ1) is 7.00. The Kier molecular flexibility index (Phi) is 3.48. The van der Waals surface area contributed by atoms with E-state index in [0.717, 1.165) is 0 Å². The molecule has 104 valence electrons. The maximum absolute atomic E-state index is 12.6. The average Bonchev–Trinajstić information content (AvgIpc) is 1.95. The Morgan fingerprint density at radius 2 is 1.00 bits per heavy atom. The van der Waals surface area contributed by atoms with E-state index in [9.17, 15) is 47.9 Å². The molecule has 0 fully saturated rings. The minimum atomic E-state index is -7.42. The Balaban J connectivity index is 6.24. The quantitative estimate of drug-likeness (QED) is 0.629. The molecule has 0 radical (unpaired) electrons. The van der Waals surface area contributed by atoms with Crippen molar-refractivity contribution in [3.8, 4) is 0 Å². The third-order valence-corrected chi connectivity index (χ3v) is 2.68. The Hall–Kier alpha value is -0.720. The van der Waals surface area contributed by atoms with Crippen molar-refractivity contribution in [3.05, 3.63) is 0 Å². The number of hydrogen-bond donors (Lipinski definition) is 1. The smallest absolute Gasteiger partial charge is 0.283 e. The largest absolute Gasteiger partial charge is 0.458 e. The molecule has 0 aromatic rings. The predicted octanol–water partition coefficient (Wildman–Crippen LogP) is 2.30. The van der Waals surface area contributed by atoms with Crippen molar-refractivity contribution in [2.24, 2.45) is 0 Å². The van der Waals surface area contributed by atoms with Crippen LogP contribution in [0, 0.1) is 0 Å². The van der Waals surface area contributed by atoms with Gasteiger partial charge < -0.3 is 0 Å². The van der Waals surface area contributed by atoms with E-state index < -0.39 is 33.4 Å². The van der Waals surface area contributed by atoms with Crippen LogP contribution in [0.15, 0.2) is 0 Å². The van der Waals surface area contributed by atoms with Gasteiger partial charge in [0.2, 0.25) is 0 Å². The Morgan fingerprint density at radius 1 is 0.706 bits per heavy atom. The Morgan fingerprint density at radius 3 is 1.06 bits per heavy atom. The molecule has 0 saturated heterocycles. The molecule has 3 nitrogen and oxygen atoms in total. The van der Waals surface area contributed by atoms with Crippen molar-refractivity contribution in [3.63, 3.8) is 0 Å². The minimum Gasteiger partial charge on any atom is -0.283 e. The molecule has 13 heteroatoms. The molecule has 17 heavy (non-hydrogen) atoms. The zero-order valence-corrected chi connectivity index (χ0v) is 7.89. The summed E-state index contributed by atoms with van der Waals surface area (Å²) in [4.78, 5) is 0. The minimum absolute atomic E-state index is 7.17. The normalized spacial score (nSPS) is 18.9. The van der Waals surface area contributed by atoms with Crippen LogP contribution in [-0.4, -0.2) is 36.2 Å². The van der Waals surface area contributed by atoms with Crippen molar-refractivity contribution in [1.82, 2.24) is 0 Å². The monoisotopic (exact) mass is 300 g/mol. The van der Waals surface area contributed by atoms with Crippen LogP contribution in [0.2, 0.25) is 0 Å². The van der Waals surface area contributed by atoms with E-state index in [1.54, 1.807) is 0 Å². The maximum Gasteiger partial charge on any atom is 0.458 e. The van der Waals surface area contributed by atoms with Crippen molar-refractivity contribution >= 4 is 10.1 Å². The molecule has 0 aromatic heterocycles. The van der Waals surface area contributed by atoms with Crippen LogP contribution >= 0.6 is 0 Å². The third kappa shape index (κ3) is 2.17. The molecule has 0 bridgehead atoms. The SMILES string of the molecule is O=S(=O)(O)C(F)(C(F)(F)F)C(F)(F)C(F)(F)F. The van der Waals surface area contributed by atoms with Crippen LogP contribution in [0.1, 0.15) is 0 Å². The second-order valence-corrected chi connectivity index (χ2v) is 4.15. The lowest BCUT2D eigenvalue weighted by Crippen LogP contribution is -2.65. The molecule has 1 N–H and O–H groups in total. The van der Waals surface area contributed by atoms with Crippen molar-refractivity contribution in [1.29, 1.82) is 0 Å². The van der Waals surface area contributed by atoms with Gasteiger partial charge in [0.1, 0.15) is 0 Å². The topological polar surface area (TPSA) is 54.4 Å². The third-order valence-electron chi connectivity index (χ3n) is 1.48. The van der Waals surface area contributed by atoms with Gasteiger partial charge in [-0.15, -0.1) is 0 Å². The molecule has 0 heterocycles. The fourth-order valence-corrected chi connectivity index (χ4v) is 1.40. The fourth-order valence-electron chi connectivity index (χ4n) is 0.669. The van der Waals surface area contributed by atoms with Crippen molar-refractivity contribution in [2.75, 3.05) is 0 Å². The van der Waals surface area contributed by atoms with Crippen LogP contribution < -0.4 is 0 Å². The zero-order chi connectivity index (χ0) is 14.5. The first-order valence-electron chi connectivity index (χ1n) is 3.17. The molecule has 1 atom stereocenters. The Labute approximate surface area is 87.0 Å². The summed E-state index contributed by atoms with van der Waals surface area (Å²) in [5.74, 6) is -7.37. The molecular formula is C4HF9O3S. The van der Waals surface area contributed by atoms with Gasteiger partial charge in [-0.3, -0.25) is 4.55 Å². The molecule has 0 aromatic carbocycles. The number of hydrogen-bond acceptors (Lipinski definition) is 2. The van der Waals surface area contributed by atoms with E-state index in [2.05, 4.69) is 0 Å². The van der Waals surface area contributed by atoms with Crippen LogP contribution in [0.4, 0.5) is 39.5 Å². The highest BCUT2D eigenvalue weighted by Crippen LogP contribution is 2.54. The summed E-state index contributed by atoms with van der Waals surface area (Å²) in [6.07, 6.45) is -14.4. The summed E-state index contributed by atoms with van der Waals surface area (Å²) < 4.78 is 134. The summed E-state index contributed by atoms with van der Waals surface area (Å²) in [6, 6.07) is 0. The van der Waals surface area contributed by atoms with Crippen molar-refractivity contribution < 1.29 is 52.5 Å². The summed E-state index contributed by atoms with van der Waals surface area (Å²) in [5.41, 5.74) is 0. The first kappa shape index (κ1) is 16.3. The molecular weight excluding hydrogens is 299 g/mol. The lowest BCUT2D eigenvalue weighted by Gasteiger charge is -2.32. The van der Waals surface area contributed by atoms with Gasteiger partial charge in [-0.05, 0) is 0 Å². The number of alkyl halides is 9. The second kappa shape index (κ2) is 3.63. The van der Waals surface area contributed by atoms with E-state index >= 15 is 0 Å². The van der Waals surface area contributed by atoms with E-state index in [1.807, 2.05) is 0 Å². The van der Waals surface area contributed by atoms with Gasteiger partial charge in [-0.1, -0.05) is 0 Å². The zero-order valence-electron chi connectivity index (χ0n) is 7.07. The molecule has 0 rings (SSSR count). The average molecular weight is 300 g/mol. The van der Waals surface area contributed by atoms with Gasteiger partial charge in [-0.25, -0.2) is 4.39 Å². The number of halogens is 9. The van der Waals surface area contributed by atoms with E-state index in [-0.39, 0.29) is 0 Å². The molecule has 0 aliphatic carbocycles. The molecule has 0 aliphatic heterocycles. The lowest BCUT2D eigenvalue weighted by molar-refractivity contribution is -0.359. The van der Waals surface area contributed by atoms with Gasteiger partial charge in [0.05, 0.1) is 0 Å².